The molecule has 104 valence electrons. The van der Waals surface area contributed by atoms with Crippen LogP contribution in [0.4, 0.5) is 0 Å². The maximum absolute atomic E-state index is 5.74. The third-order valence-corrected chi connectivity index (χ3v) is 2.99. The minimum atomic E-state index is -0.0541. The normalized spacial score (nSPS) is 14.2. The Kier molecular flexibility index (Phi) is 5.42. The first-order valence-corrected chi connectivity index (χ1v) is 6.80. The number of aromatic nitrogens is 1. The molecule has 0 aliphatic heterocycles. The minimum Gasteiger partial charge on any atom is -0.374 e. The van der Waals surface area contributed by atoms with E-state index in [-0.39, 0.29) is 5.60 Å². The highest BCUT2D eigenvalue weighted by molar-refractivity contribution is 5.16. The largest absolute Gasteiger partial charge is 0.374 e. The van der Waals surface area contributed by atoms with Crippen molar-refractivity contribution in [1.82, 2.24) is 9.88 Å². The maximum atomic E-state index is 5.74. The molecule has 0 aliphatic carbocycles. The molecule has 1 rings (SSSR count). The summed E-state index contributed by atoms with van der Waals surface area (Å²) in [6, 6.07) is 2.62. The zero-order valence-electron chi connectivity index (χ0n) is 12.7. The van der Waals surface area contributed by atoms with Crippen LogP contribution >= 0.6 is 0 Å². The molecule has 0 aliphatic rings. The van der Waals surface area contributed by atoms with Crippen molar-refractivity contribution in [1.29, 1.82) is 0 Å². The molecule has 0 radical (unpaired) electrons. The fourth-order valence-corrected chi connectivity index (χ4v) is 2.12. The topological polar surface area (TPSA) is 26.2 Å². The van der Waals surface area contributed by atoms with Gasteiger partial charge in [-0.3, -0.25) is 0 Å². The Hall–Kier alpha value is -0.800. The van der Waals surface area contributed by atoms with Gasteiger partial charge in [-0.15, -0.1) is 0 Å². The van der Waals surface area contributed by atoms with Crippen LogP contribution in [0, 0.1) is 5.92 Å². The number of rotatable bonds is 6. The zero-order valence-corrected chi connectivity index (χ0v) is 12.7. The minimum absolute atomic E-state index is 0.0541. The number of ether oxygens (including phenoxy) is 1. The van der Waals surface area contributed by atoms with Crippen molar-refractivity contribution in [3.05, 3.63) is 24.0 Å². The van der Waals surface area contributed by atoms with E-state index in [9.17, 15) is 0 Å². The first-order valence-electron chi connectivity index (χ1n) is 6.80. The molecule has 1 heterocycles. The van der Waals surface area contributed by atoms with Gasteiger partial charge in [0.15, 0.2) is 0 Å². The van der Waals surface area contributed by atoms with E-state index in [1.807, 2.05) is 7.05 Å². The predicted molar refractivity (Wildman–Crippen MR) is 76.8 cm³/mol. The monoisotopic (exact) mass is 252 g/mol. The van der Waals surface area contributed by atoms with Crippen LogP contribution in [0.2, 0.25) is 0 Å². The van der Waals surface area contributed by atoms with Crippen molar-refractivity contribution >= 4 is 0 Å². The summed E-state index contributed by atoms with van der Waals surface area (Å²) in [5, 5.41) is 3.37. The molecule has 18 heavy (non-hydrogen) atoms. The average Bonchev–Trinajstić information content (AvgIpc) is 2.65. The van der Waals surface area contributed by atoms with E-state index >= 15 is 0 Å². The second-order valence-electron chi connectivity index (χ2n) is 6.15. The van der Waals surface area contributed by atoms with Gasteiger partial charge >= 0.3 is 0 Å². The van der Waals surface area contributed by atoms with Crippen molar-refractivity contribution in [2.45, 2.75) is 52.8 Å². The fourth-order valence-electron chi connectivity index (χ4n) is 2.12. The van der Waals surface area contributed by atoms with Crippen molar-refractivity contribution in [2.24, 2.45) is 5.92 Å². The summed E-state index contributed by atoms with van der Waals surface area (Å²) in [6.07, 6.45) is 4.35. The van der Waals surface area contributed by atoms with E-state index in [4.69, 9.17) is 4.74 Å². The summed E-state index contributed by atoms with van der Waals surface area (Å²) in [6.45, 7) is 12.4. The van der Waals surface area contributed by atoms with Crippen molar-refractivity contribution < 1.29 is 4.74 Å². The molecule has 0 fully saturated rings. The molecule has 0 amide bonds. The molecule has 1 atom stereocenters. The van der Waals surface area contributed by atoms with Crippen molar-refractivity contribution in [3.63, 3.8) is 0 Å². The van der Waals surface area contributed by atoms with Gasteiger partial charge in [0.2, 0.25) is 0 Å². The summed E-state index contributed by atoms with van der Waals surface area (Å²) in [4.78, 5) is 0. The van der Waals surface area contributed by atoms with Gasteiger partial charge in [-0.2, -0.15) is 0 Å². The summed E-state index contributed by atoms with van der Waals surface area (Å²) in [5.74, 6) is 0.594. The summed E-state index contributed by atoms with van der Waals surface area (Å²) in [7, 11) is 2.02. The standard InChI is InChI=1S/C15H28N2O/c1-12(2)14(16-6)13-7-8-17(11-13)9-10-18-15(3,4)5/h7-8,11-12,14,16H,9-10H2,1-6H3. The Morgan fingerprint density at radius 3 is 2.50 bits per heavy atom. The number of hydrogen-bond acceptors (Lipinski definition) is 2. The molecule has 3 heteroatoms. The lowest BCUT2D eigenvalue weighted by Crippen LogP contribution is -2.22. The fraction of sp³-hybridized carbons (Fsp3) is 0.733. The van der Waals surface area contributed by atoms with Gasteiger partial charge in [-0.25, -0.2) is 0 Å². The average molecular weight is 252 g/mol. The Balaban J connectivity index is 2.53. The van der Waals surface area contributed by atoms with Gasteiger partial charge in [0, 0.05) is 25.0 Å². The predicted octanol–water partition coefficient (Wildman–Crippen LogP) is 3.22. The van der Waals surface area contributed by atoms with Crippen LogP contribution in [0.1, 0.15) is 46.2 Å². The second-order valence-corrected chi connectivity index (χ2v) is 6.15. The van der Waals surface area contributed by atoms with Gasteiger partial charge in [-0.05, 0) is 45.4 Å². The van der Waals surface area contributed by atoms with Crippen LogP contribution in [0.15, 0.2) is 18.5 Å². The molecule has 0 bridgehead atoms. The SMILES string of the molecule is CNC(c1ccn(CCOC(C)(C)C)c1)C(C)C. The van der Waals surface area contributed by atoms with Crippen LogP contribution in [0.3, 0.4) is 0 Å². The third-order valence-electron chi connectivity index (χ3n) is 2.99. The zero-order chi connectivity index (χ0) is 13.8. The molecular formula is C15H28N2O. The molecule has 1 aromatic rings. The van der Waals surface area contributed by atoms with Crippen LogP contribution in [-0.2, 0) is 11.3 Å². The van der Waals surface area contributed by atoms with E-state index in [0.29, 0.717) is 12.0 Å². The highest BCUT2D eigenvalue weighted by atomic mass is 16.5. The Morgan fingerprint density at radius 2 is 2.00 bits per heavy atom. The number of nitrogens with one attached hydrogen (secondary N) is 1. The molecule has 0 spiro atoms. The van der Waals surface area contributed by atoms with Crippen LogP contribution < -0.4 is 5.32 Å². The quantitative estimate of drug-likeness (QED) is 0.841. The van der Waals surface area contributed by atoms with E-state index in [2.05, 4.69) is 63.0 Å². The Morgan fingerprint density at radius 1 is 1.33 bits per heavy atom. The van der Waals surface area contributed by atoms with Crippen LogP contribution in [-0.4, -0.2) is 23.8 Å². The van der Waals surface area contributed by atoms with Gasteiger partial charge in [0.25, 0.3) is 0 Å². The van der Waals surface area contributed by atoms with Gasteiger partial charge in [0.05, 0.1) is 12.2 Å². The molecule has 0 aromatic carbocycles. The molecular weight excluding hydrogens is 224 g/mol. The molecule has 1 aromatic heterocycles. The first kappa shape index (κ1) is 15.3. The molecule has 0 saturated carbocycles. The molecule has 3 nitrogen and oxygen atoms in total. The number of hydrogen-bond donors (Lipinski definition) is 1. The van der Waals surface area contributed by atoms with E-state index in [0.717, 1.165) is 13.2 Å². The van der Waals surface area contributed by atoms with E-state index in [1.165, 1.54) is 5.56 Å². The molecule has 1 N–H and O–H groups in total. The molecule has 1 unspecified atom stereocenters. The van der Waals surface area contributed by atoms with Gasteiger partial charge in [-0.1, -0.05) is 13.8 Å². The lowest BCUT2D eigenvalue weighted by atomic mass is 9.99. The molecule has 0 saturated heterocycles. The Labute approximate surface area is 112 Å². The number of nitrogens with zero attached hydrogens (tertiary/aromatic N) is 1. The van der Waals surface area contributed by atoms with E-state index < -0.39 is 0 Å². The van der Waals surface area contributed by atoms with Crippen molar-refractivity contribution in [3.8, 4) is 0 Å². The summed E-state index contributed by atoms with van der Waals surface area (Å²) >= 11 is 0. The van der Waals surface area contributed by atoms with Crippen LogP contribution in [0.25, 0.3) is 0 Å². The Bertz CT molecular complexity index is 350. The summed E-state index contributed by atoms with van der Waals surface area (Å²) in [5.41, 5.74) is 1.30. The second kappa shape index (κ2) is 6.39. The highest BCUT2D eigenvalue weighted by Gasteiger charge is 2.14. The lowest BCUT2D eigenvalue weighted by Gasteiger charge is -2.20. The summed E-state index contributed by atoms with van der Waals surface area (Å²) < 4.78 is 7.94. The van der Waals surface area contributed by atoms with Crippen molar-refractivity contribution in [2.75, 3.05) is 13.7 Å². The maximum Gasteiger partial charge on any atom is 0.0652 e. The highest BCUT2D eigenvalue weighted by Crippen LogP contribution is 2.21. The smallest absolute Gasteiger partial charge is 0.0652 e. The van der Waals surface area contributed by atoms with Crippen LogP contribution in [0.5, 0.6) is 0 Å². The van der Waals surface area contributed by atoms with Gasteiger partial charge in [0.1, 0.15) is 0 Å². The van der Waals surface area contributed by atoms with E-state index in [1.54, 1.807) is 0 Å². The third kappa shape index (κ3) is 4.83. The van der Waals surface area contributed by atoms with Gasteiger partial charge < -0.3 is 14.6 Å². The lowest BCUT2D eigenvalue weighted by molar-refractivity contribution is -0.00680. The first-order chi connectivity index (χ1) is 8.33.